The van der Waals surface area contributed by atoms with Gasteiger partial charge >= 0.3 is 5.97 Å². The van der Waals surface area contributed by atoms with Crippen molar-refractivity contribution in [2.75, 3.05) is 6.61 Å². The number of hydrogen-bond acceptors (Lipinski definition) is 5. The third-order valence-corrected chi connectivity index (χ3v) is 11.6. The molecule has 0 aromatic heterocycles. The average molecular weight is 866 g/mol. The number of aliphatic hydroxyl groups is 2. The minimum Gasteiger partial charge on any atom is -0.462 e. The van der Waals surface area contributed by atoms with Gasteiger partial charge in [0.1, 0.15) is 6.10 Å². The molecule has 0 spiro atoms. The van der Waals surface area contributed by atoms with Gasteiger partial charge in [0.2, 0.25) is 5.91 Å². The van der Waals surface area contributed by atoms with Gasteiger partial charge in [-0.25, -0.2) is 0 Å². The minimum atomic E-state index is -0.802. The molecule has 0 rings (SSSR count). The van der Waals surface area contributed by atoms with E-state index in [1.807, 2.05) is 0 Å². The number of nitrogens with one attached hydrogen (secondary N) is 1. The van der Waals surface area contributed by atoms with Crippen LogP contribution in [0, 0.1) is 0 Å². The number of allylic oxidation sites excluding steroid dienone is 12. The van der Waals surface area contributed by atoms with Crippen molar-refractivity contribution in [2.45, 2.75) is 264 Å². The molecule has 0 aromatic rings. The fraction of sp³-hybridized carbons (Fsp3) is 0.750. The van der Waals surface area contributed by atoms with E-state index in [0.29, 0.717) is 19.3 Å². The number of carbonyl (C=O) groups is 2. The Hall–Kier alpha value is -2.70. The Kier molecular flexibility index (Phi) is 47.2. The molecule has 1 amide bonds. The second-order valence-corrected chi connectivity index (χ2v) is 17.6. The van der Waals surface area contributed by atoms with Gasteiger partial charge in [0.25, 0.3) is 0 Å². The molecule has 0 fully saturated rings. The normalized spacial score (nSPS) is 13.8. The molecule has 3 unspecified atom stereocenters. The zero-order chi connectivity index (χ0) is 45.2. The first-order valence-electron chi connectivity index (χ1n) is 26.2. The van der Waals surface area contributed by atoms with Crippen molar-refractivity contribution in [2.24, 2.45) is 0 Å². The highest BCUT2D eigenvalue weighted by Crippen LogP contribution is 2.17. The van der Waals surface area contributed by atoms with Gasteiger partial charge in [-0.1, -0.05) is 222 Å². The highest BCUT2D eigenvalue weighted by Gasteiger charge is 2.24. The van der Waals surface area contributed by atoms with E-state index in [1.54, 1.807) is 0 Å². The van der Waals surface area contributed by atoms with Gasteiger partial charge in [-0.05, 0) is 83.5 Å². The third-order valence-electron chi connectivity index (χ3n) is 11.6. The van der Waals surface area contributed by atoms with Gasteiger partial charge < -0.3 is 20.3 Å². The van der Waals surface area contributed by atoms with Crippen LogP contribution in [0.5, 0.6) is 0 Å². The summed E-state index contributed by atoms with van der Waals surface area (Å²) in [6.45, 7) is 6.31. The van der Waals surface area contributed by atoms with E-state index in [-0.39, 0.29) is 24.9 Å². The van der Waals surface area contributed by atoms with Crippen LogP contribution in [-0.4, -0.2) is 46.9 Å². The van der Waals surface area contributed by atoms with Gasteiger partial charge in [0.05, 0.1) is 25.2 Å². The smallest absolute Gasteiger partial charge is 0.306 e. The van der Waals surface area contributed by atoms with Gasteiger partial charge in [-0.2, -0.15) is 0 Å². The number of esters is 1. The van der Waals surface area contributed by atoms with Crippen LogP contribution in [0.1, 0.15) is 245 Å². The molecule has 0 aromatic carbocycles. The van der Waals surface area contributed by atoms with Crippen molar-refractivity contribution in [3.63, 3.8) is 0 Å². The summed E-state index contributed by atoms with van der Waals surface area (Å²) in [5, 5.41) is 23.8. The number of amides is 1. The highest BCUT2D eigenvalue weighted by molar-refractivity contribution is 5.77. The molecule has 0 saturated carbocycles. The number of hydrogen-bond donors (Lipinski definition) is 3. The molecule has 6 heteroatoms. The lowest BCUT2D eigenvalue weighted by atomic mass is 10.0. The molecule has 0 saturated heterocycles. The van der Waals surface area contributed by atoms with Crippen molar-refractivity contribution in [1.82, 2.24) is 5.32 Å². The van der Waals surface area contributed by atoms with Gasteiger partial charge in [0, 0.05) is 6.42 Å². The lowest BCUT2D eigenvalue weighted by molar-refractivity contribution is -0.151. The second kappa shape index (κ2) is 49.3. The Labute approximate surface area is 383 Å². The maximum atomic E-state index is 13.2. The van der Waals surface area contributed by atoms with Crippen molar-refractivity contribution in [1.29, 1.82) is 0 Å². The summed E-state index contributed by atoms with van der Waals surface area (Å²) in [5.41, 5.74) is 0. The SMILES string of the molecule is CC/C=C/C=C/C=C/CCCCCCCCCC(=O)OC(CCCC/C=C\C/C=C\C/C=C\CCCCC)CC(=O)NC(CO)C(O)CCCCCCCCCCCCCCC. The first-order valence-corrected chi connectivity index (χ1v) is 26.2. The molecule has 0 radical (unpaired) electrons. The summed E-state index contributed by atoms with van der Waals surface area (Å²) in [5.74, 6) is -0.526. The predicted molar refractivity (Wildman–Crippen MR) is 268 cm³/mol. The second-order valence-electron chi connectivity index (χ2n) is 17.6. The number of unbranched alkanes of at least 4 members (excludes halogenated alkanes) is 24. The summed E-state index contributed by atoms with van der Waals surface area (Å²) in [6.07, 6.45) is 62.4. The predicted octanol–water partition coefficient (Wildman–Crippen LogP) is 15.8. The number of carbonyl (C=O) groups excluding carboxylic acids is 2. The first kappa shape index (κ1) is 59.3. The van der Waals surface area contributed by atoms with Crippen LogP contribution in [-0.2, 0) is 14.3 Å². The van der Waals surface area contributed by atoms with E-state index in [9.17, 15) is 19.8 Å². The fourth-order valence-electron chi connectivity index (χ4n) is 7.61. The van der Waals surface area contributed by atoms with Crippen LogP contribution in [0.4, 0.5) is 0 Å². The lowest BCUT2D eigenvalue weighted by Gasteiger charge is -2.24. The summed E-state index contributed by atoms with van der Waals surface area (Å²) in [6, 6.07) is -0.719. The standard InChI is InChI=1S/C56H99NO5/c1-4-7-10-13-16-19-22-25-27-30-32-35-38-41-44-47-52(62-56(61)49-46-43-40-37-34-31-28-26-23-20-17-14-11-8-5-2)50-55(60)57-53(51-58)54(59)48-45-42-39-36-33-29-24-21-18-15-12-9-6-3/h8,11,14,16-17,19-20,23,25,27,32,35,52-54,58-59H,4-7,9-10,12-13,15,18,21-22,24,26,28-31,33-34,36-51H2,1-3H3,(H,57,60)/b11-8+,17-14+,19-16-,23-20+,27-25-,35-32-. The first-order chi connectivity index (χ1) is 30.5. The minimum absolute atomic E-state index is 0.0444. The van der Waals surface area contributed by atoms with Crippen LogP contribution in [0.15, 0.2) is 72.9 Å². The van der Waals surface area contributed by atoms with Crippen LogP contribution in [0.2, 0.25) is 0 Å². The molecular formula is C56H99NO5. The molecule has 0 heterocycles. The highest BCUT2D eigenvalue weighted by atomic mass is 16.5. The van der Waals surface area contributed by atoms with Gasteiger partial charge in [-0.15, -0.1) is 0 Å². The molecule has 3 atom stereocenters. The summed E-state index contributed by atoms with van der Waals surface area (Å²) < 4.78 is 5.92. The van der Waals surface area contributed by atoms with Crippen molar-refractivity contribution < 1.29 is 24.5 Å². The van der Waals surface area contributed by atoms with Gasteiger partial charge in [0.15, 0.2) is 0 Å². The summed E-state index contributed by atoms with van der Waals surface area (Å²) >= 11 is 0. The summed E-state index contributed by atoms with van der Waals surface area (Å²) in [7, 11) is 0. The van der Waals surface area contributed by atoms with Crippen LogP contribution < -0.4 is 5.32 Å². The zero-order valence-corrected chi connectivity index (χ0v) is 40.7. The number of rotatable bonds is 46. The monoisotopic (exact) mass is 866 g/mol. The molecule has 6 nitrogen and oxygen atoms in total. The molecule has 0 aliphatic carbocycles. The molecule has 0 aliphatic rings. The van der Waals surface area contributed by atoms with E-state index >= 15 is 0 Å². The van der Waals surface area contributed by atoms with Crippen LogP contribution in [0.3, 0.4) is 0 Å². The van der Waals surface area contributed by atoms with E-state index in [0.717, 1.165) is 83.5 Å². The Morgan fingerprint density at radius 2 is 0.935 bits per heavy atom. The number of aliphatic hydroxyl groups excluding tert-OH is 2. The molecule has 0 bridgehead atoms. The van der Waals surface area contributed by atoms with E-state index in [1.165, 1.54) is 116 Å². The van der Waals surface area contributed by atoms with E-state index < -0.39 is 18.2 Å². The Bertz CT molecular complexity index is 1150. The average Bonchev–Trinajstić information content (AvgIpc) is 3.26. The molecular weight excluding hydrogens is 767 g/mol. The van der Waals surface area contributed by atoms with E-state index in [4.69, 9.17) is 4.74 Å². The van der Waals surface area contributed by atoms with Crippen molar-refractivity contribution >= 4 is 11.9 Å². The van der Waals surface area contributed by atoms with Gasteiger partial charge in [-0.3, -0.25) is 9.59 Å². The summed E-state index contributed by atoms with van der Waals surface area (Å²) in [4.78, 5) is 26.2. The van der Waals surface area contributed by atoms with Crippen molar-refractivity contribution in [3.8, 4) is 0 Å². The maximum Gasteiger partial charge on any atom is 0.306 e. The Morgan fingerprint density at radius 1 is 0.500 bits per heavy atom. The zero-order valence-electron chi connectivity index (χ0n) is 40.7. The topological polar surface area (TPSA) is 95.9 Å². The maximum absolute atomic E-state index is 13.2. The molecule has 358 valence electrons. The fourth-order valence-corrected chi connectivity index (χ4v) is 7.61. The van der Waals surface area contributed by atoms with E-state index in [2.05, 4.69) is 99.0 Å². The Morgan fingerprint density at radius 3 is 1.50 bits per heavy atom. The van der Waals surface area contributed by atoms with Crippen LogP contribution in [0.25, 0.3) is 0 Å². The van der Waals surface area contributed by atoms with Crippen molar-refractivity contribution in [3.05, 3.63) is 72.9 Å². The van der Waals surface area contributed by atoms with Crippen LogP contribution >= 0.6 is 0 Å². The number of ether oxygens (including phenoxy) is 1. The third kappa shape index (κ3) is 43.9. The quantitative estimate of drug-likeness (QED) is 0.0245. The Balaban J connectivity index is 4.67. The molecule has 62 heavy (non-hydrogen) atoms. The molecule has 0 aliphatic heterocycles. The largest absolute Gasteiger partial charge is 0.462 e. The molecule has 3 N–H and O–H groups in total. The lowest BCUT2D eigenvalue weighted by Crippen LogP contribution is -2.46.